The number of nitrogen functional groups attached to an aromatic ring is 1. The summed E-state index contributed by atoms with van der Waals surface area (Å²) >= 11 is 1.38. The molecule has 0 atom stereocenters. The summed E-state index contributed by atoms with van der Waals surface area (Å²) in [4.78, 5) is 4.44. The van der Waals surface area contributed by atoms with E-state index in [1.807, 2.05) is 43.3 Å². The third-order valence-electron chi connectivity index (χ3n) is 4.92. The van der Waals surface area contributed by atoms with Crippen LogP contribution in [0.25, 0.3) is 11.5 Å². The highest BCUT2D eigenvalue weighted by atomic mass is 32.2. The first-order chi connectivity index (χ1) is 15.3. The van der Waals surface area contributed by atoms with E-state index in [0.717, 1.165) is 11.3 Å². The summed E-state index contributed by atoms with van der Waals surface area (Å²) in [6.45, 7) is 8.79. The fourth-order valence-corrected chi connectivity index (χ4v) is 3.68. The van der Waals surface area contributed by atoms with Crippen molar-refractivity contribution in [2.24, 2.45) is 0 Å². The van der Waals surface area contributed by atoms with Gasteiger partial charge in [-0.1, -0.05) is 67.5 Å². The molecule has 0 unspecified atom stereocenters. The van der Waals surface area contributed by atoms with Crippen LogP contribution in [0, 0.1) is 6.92 Å². The lowest BCUT2D eigenvalue weighted by molar-refractivity contribution is 0.291. The highest BCUT2D eigenvalue weighted by Crippen LogP contribution is 2.25. The van der Waals surface area contributed by atoms with Crippen molar-refractivity contribution in [3.8, 4) is 17.2 Å². The minimum absolute atomic E-state index is 0.0989. The summed E-state index contributed by atoms with van der Waals surface area (Å²) in [5, 5.41) is 12.9. The highest BCUT2D eigenvalue weighted by Gasteiger charge is 2.15. The van der Waals surface area contributed by atoms with Crippen LogP contribution in [0.4, 0.5) is 0 Å². The number of nitrogens with zero attached hydrogens (tertiary/aromatic N) is 5. The number of aromatic nitrogens is 5. The Morgan fingerprint density at radius 3 is 2.44 bits per heavy atom. The van der Waals surface area contributed by atoms with Crippen LogP contribution in [-0.4, -0.2) is 25.0 Å². The molecule has 4 rings (SSSR count). The predicted molar refractivity (Wildman–Crippen MR) is 124 cm³/mol. The Morgan fingerprint density at radius 2 is 1.75 bits per heavy atom. The Morgan fingerprint density at radius 1 is 1.03 bits per heavy atom. The van der Waals surface area contributed by atoms with Crippen molar-refractivity contribution in [3.63, 3.8) is 0 Å². The second kappa shape index (κ2) is 9.04. The van der Waals surface area contributed by atoms with Crippen LogP contribution < -0.4 is 10.6 Å². The number of rotatable bonds is 7. The summed E-state index contributed by atoms with van der Waals surface area (Å²) in [6.07, 6.45) is 0. The van der Waals surface area contributed by atoms with E-state index in [2.05, 4.69) is 53.2 Å². The molecule has 9 heteroatoms. The molecule has 0 radical (unpaired) electrons. The second-order valence-electron chi connectivity index (χ2n) is 8.50. The summed E-state index contributed by atoms with van der Waals surface area (Å²) in [5.41, 5.74) is 3.41. The van der Waals surface area contributed by atoms with Gasteiger partial charge >= 0.3 is 0 Å². The zero-order chi connectivity index (χ0) is 22.7. The molecule has 2 aromatic heterocycles. The number of hydrogen-bond acceptors (Lipinski definition) is 8. The zero-order valence-electron chi connectivity index (χ0n) is 18.6. The lowest BCUT2D eigenvalue weighted by Crippen LogP contribution is -2.16. The first kappa shape index (κ1) is 21.9. The maximum Gasteiger partial charge on any atom is 0.257 e. The van der Waals surface area contributed by atoms with Gasteiger partial charge in [-0.25, -0.2) is 4.68 Å². The van der Waals surface area contributed by atoms with Crippen LogP contribution >= 0.6 is 11.8 Å². The Balaban J connectivity index is 1.34. The number of ether oxygens (including phenoxy) is 1. The van der Waals surface area contributed by atoms with Crippen molar-refractivity contribution in [2.75, 3.05) is 5.84 Å². The monoisotopic (exact) mass is 450 g/mol. The topological polar surface area (TPSA) is 105 Å². The standard InChI is InChI=1S/C23H26N6O2S/c1-15-5-7-16(8-6-15)21-25-19(28-31-21)14-32-22-27-26-20(29(22)24)13-30-18-11-9-17(10-12-18)23(2,3)4/h5-12H,13-14,24H2,1-4H3. The fraction of sp³-hybridized carbons (Fsp3) is 0.304. The van der Waals surface area contributed by atoms with Crippen molar-refractivity contribution in [1.82, 2.24) is 25.0 Å². The lowest BCUT2D eigenvalue weighted by Gasteiger charge is -2.19. The molecule has 8 nitrogen and oxygen atoms in total. The minimum atomic E-state index is 0.0989. The molecule has 32 heavy (non-hydrogen) atoms. The molecule has 2 N–H and O–H groups in total. The first-order valence-electron chi connectivity index (χ1n) is 10.2. The zero-order valence-corrected chi connectivity index (χ0v) is 19.4. The van der Waals surface area contributed by atoms with Gasteiger partial charge in [-0.2, -0.15) is 4.98 Å². The van der Waals surface area contributed by atoms with Crippen molar-refractivity contribution in [2.45, 2.75) is 50.6 Å². The van der Waals surface area contributed by atoms with E-state index < -0.39 is 0 Å². The molecular formula is C23H26N6O2S. The number of nitrogens with two attached hydrogens (primary N) is 1. The summed E-state index contributed by atoms with van der Waals surface area (Å²) in [7, 11) is 0. The maximum absolute atomic E-state index is 6.15. The smallest absolute Gasteiger partial charge is 0.257 e. The molecule has 2 heterocycles. The van der Waals surface area contributed by atoms with Crippen LogP contribution in [0.15, 0.2) is 58.2 Å². The van der Waals surface area contributed by atoms with Gasteiger partial charge in [0.1, 0.15) is 12.4 Å². The van der Waals surface area contributed by atoms with Crippen molar-refractivity contribution in [3.05, 3.63) is 71.3 Å². The molecule has 0 aliphatic rings. The van der Waals surface area contributed by atoms with E-state index in [9.17, 15) is 0 Å². The highest BCUT2D eigenvalue weighted by molar-refractivity contribution is 7.98. The lowest BCUT2D eigenvalue weighted by atomic mass is 9.87. The van der Waals surface area contributed by atoms with E-state index in [0.29, 0.717) is 28.4 Å². The van der Waals surface area contributed by atoms with Gasteiger partial charge in [-0.3, -0.25) is 0 Å². The minimum Gasteiger partial charge on any atom is -0.486 e. The van der Waals surface area contributed by atoms with Gasteiger partial charge < -0.3 is 15.1 Å². The summed E-state index contributed by atoms with van der Waals surface area (Å²) in [6, 6.07) is 16.0. The average Bonchev–Trinajstić information content (AvgIpc) is 3.38. The van der Waals surface area contributed by atoms with Gasteiger partial charge in [0.2, 0.25) is 5.16 Å². The van der Waals surface area contributed by atoms with Gasteiger partial charge in [0.05, 0.1) is 5.75 Å². The van der Waals surface area contributed by atoms with Gasteiger partial charge in [-0.05, 0) is 42.2 Å². The van der Waals surface area contributed by atoms with Crippen LogP contribution in [-0.2, 0) is 17.8 Å². The quantitative estimate of drug-likeness (QED) is 0.324. The Labute approximate surface area is 191 Å². The van der Waals surface area contributed by atoms with Crippen LogP contribution in [0.5, 0.6) is 5.75 Å². The Hall–Kier alpha value is -3.33. The molecule has 2 aromatic carbocycles. The maximum atomic E-state index is 6.15. The van der Waals surface area contributed by atoms with E-state index in [1.54, 1.807) is 0 Å². The molecule has 0 amide bonds. The fourth-order valence-electron chi connectivity index (χ4n) is 2.96. The molecular weight excluding hydrogens is 424 g/mol. The predicted octanol–water partition coefficient (Wildman–Crippen LogP) is 4.52. The van der Waals surface area contributed by atoms with E-state index in [4.69, 9.17) is 15.1 Å². The van der Waals surface area contributed by atoms with Crippen LogP contribution in [0.3, 0.4) is 0 Å². The molecule has 0 spiro atoms. The van der Waals surface area contributed by atoms with Crippen LogP contribution in [0.2, 0.25) is 0 Å². The van der Waals surface area contributed by atoms with Crippen molar-refractivity contribution >= 4 is 11.8 Å². The largest absolute Gasteiger partial charge is 0.486 e. The molecule has 166 valence electrons. The first-order valence-corrected chi connectivity index (χ1v) is 11.2. The molecule has 0 saturated carbocycles. The van der Waals surface area contributed by atoms with Gasteiger partial charge in [0.25, 0.3) is 5.89 Å². The second-order valence-corrected chi connectivity index (χ2v) is 9.44. The third kappa shape index (κ3) is 5.11. The number of benzene rings is 2. The van der Waals surface area contributed by atoms with Gasteiger partial charge in [0, 0.05) is 5.56 Å². The molecule has 0 aliphatic carbocycles. The SMILES string of the molecule is Cc1ccc(-c2nc(CSc3nnc(COc4ccc(C(C)(C)C)cc4)n3N)no2)cc1. The van der Waals surface area contributed by atoms with Crippen molar-refractivity contribution in [1.29, 1.82) is 0 Å². The number of hydrogen-bond donors (Lipinski definition) is 1. The van der Waals surface area contributed by atoms with E-state index in [-0.39, 0.29) is 12.0 Å². The summed E-state index contributed by atoms with van der Waals surface area (Å²) < 4.78 is 12.6. The van der Waals surface area contributed by atoms with Gasteiger partial charge in [0.15, 0.2) is 11.6 Å². The third-order valence-corrected chi connectivity index (χ3v) is 5.86. The molecule has 4 aromatic rings. The molecule has 0 aliphatic heterocycles. The summed E-state index contributed by atoms with van der Waals surface area (Å²) in [5.74, 6) is 8.94. The number of aryl methyl sites for hydroxylation is 1. The van der Waals surface area contributed by atoms with E-state index >= 15 is 0 Å². The molecule has 0 saturated heterocycles. The average molecular weight is 451 g/mol. The van der Waals surface area contributed by atoms with Gasteiger partial charge in [-0.15, -0.1) is 10.2 Å². The number of thioether (sulfide) groups is 1. The molecule has 0 bridgehead atoms. The Bertz CT molecular complexity index is 1180. The Kier molecular flexibility index (Phi) is 6.18. The van der Waals surface area contributed by atoms with Crippen LogP contribution in [0.1, 0.15) is 43.5 Å². The van der Waals surface area contributed by atoms with Crippen molar-refractivity contribution < 1.29 is 9.26 Å². The van der Waals surface area contributed by atoms with E-state index in [1.165, 1.54) is 27.6 Å². The molecule has 0 fully saturated rings. The normalized spacial score (nSPS) is 11.6.